The molecule has 0 saturated carbocycles. The summed E-state index contributed by atoms with van der Waals surface area (Å²) in [4.78, 5) is 16.0. The Bertz CT molecular complexity index is 879. The normalized spacial score (nSPS) is 13.3. The second-order valence-electron chi connectivity index (χ2n) is 6.30. The minimum Gasteiger partial charge on any atom is -0.352 e. The van der Waals surface area contributed by atoms with Gasteiger partial charge in [0, 0.05) is 32.6 Å². The Hall–Kier alpha value is -1.89. The van der Waals surface area contributed by atoms with Crippen molar-refractivity contribution in [2.75, 3.05) is 25.0 Å². The van der Waals surface area contributed by atoms with Crippen molar-refractivity contribution in [2.45, 2.75) is 19.4 Å². The van der Waals surface area contributed by atoms with E-state index in [0.717, 1.165) is 55.2 Å². The molecule has 2 aromatic heterocycles. The van der Waals surface area contributed by atoms with Gasteiger partial charge in [-0.1, -0.05) is 12.1 Å². The zero-order valence-corrected chi connectivity index (χ0v) is 16.6. The molecule has 3 heterocycles. The molecule has 4 rings (SSSR count). The van der Waals surface area contributed by atoms with Gasteiger partial charge in [0.15, 0.2) is 0 Å². The van der Waals surface area contributed by atoms with E-state index >= 15 is 0 Å². The average molecular weight is 395 g/mol. The smallest absolute Gasteiger partial charge is 0.135 e. The van der Waals surface area contributed by atoms with Crippen LogP contribution in [0.5, 0.6) is 0 Å². The summed E-state index contributed by atoms with van der Waals surface area (Å²) < 4.78 is 2.16. The zero-order chi connectivity index (χ0) is 16.5. The van der Waals surface area contributed by atoms with Crippen LogP contribution in [0.15, 0.2) is 30.6 Å². The summed E-state index contributed by atoms with van der Waals surface area (Å²) in [5.41, 5.74) is 4.63. The first-order valence-electron chi connectivity index (χ1n) is 8.39. The van der Waals surface area contributed by atoms with Crippen LogP contribution in [0.3, 0.4) is 0 Å². The minimum atomic E-state index is 0. The molecule has 1 N–H and O–H groups in total. The second kappa shape index (κ2) is 8.66. The highest BCUT2D eigenvalue weighted by molar-refractivity contribution is 5.85. The molecule has 140 valence electrons. The van der Waals surface area contributed by atoms with Gasteiger partial charge in [-0.15, -0.1) is 24.8 Å². The molecular formula is C18H24Cl2N6. The molecule has 6 nitrogen and oxygen atoms in total. The van der Waals surface area contributed by atoms with E-state index in [1.54, 1.807) is 6.33 Å². The number of fused-ring (bicyclic) bond motifs is 2. The summed E-state index contributed by atoms with van der Waals surface area (Å²) in [6, 6.07) is 8.24. The summed E-state index contributed by atoms with van der Waals surface area (Å²) in [5, 5.41) is 3.43. The summed E-state index contributed by atoms with van der Waals surface area (Å²) >= 11 is 0. The molecule has 1 aromatic carbocycles. The van der Waals surface area contributed by atoms with Crippen molar-refractivity contribution in [2.24, 2.45) is 7.05 Å². The number of hydrogen-bond donors (Lipinski definition) is 1. The Morgan fingerprint density at radius 2 is 1.88 bits per heavy atom. The first-order valence-corrected chi connectivity index (χ1v) is 8.39. The van der Waals surface area contributed by atoms with Crippen LogP contribution in [0.1, 0.15) is 17.1 Å². The molecule has 26 heavy (non-hydrogen) atoms. The first-order chi connectivity index (χ1) is 11.7. The van der Waals surface area contributed by atoms with Gasteiger partial charge in [-0.25, -0.2) is 15.0 Å². The Labute approximate surface area is 165 Å². The van der Waals surface area contributed by atoms with E-state index in [0.29, 0.717) is 0 Å². The molecule has 0 amide bonds. The number of para-hydroxylation sites is 2. The quantitative estimate of drug-likeness (QED) is 0.739. The predicted octanol–water partition coefficient (Wildman–Crippen LogP) is 2.53. The van der Waals surface area contributed by atoms with E-state index in [1.807, 2.05) is 6.07 Å². The van der Waals surface area contributed by atoms with Crippen molar-refractivity contribution < 1.29 is 0 Å². The summed E-state index contributed by atoms with van der Waals surface area (Å²) in [6.07, 6.45) is 3.62. The molecule has 0 bridgehead atoms. The van der Waals surface area contributed by atoms with Gasteiger partial charge >= 0.3 is 0 Å². The molecule has 1 aliphatic rings. The third-order valence-corrected chi connectivity index (χ3v) is 4.72. The maximum atomic E-state index is 4.77. The third-order valence-electron chi connectivity index (χ3n) is 4.72. The molecule has 3 aromatic rings. The van der Waals surface area contributed by atoms with E-state index in [9.17, 15) is 0 Å². The van der Waals surface area contributed by atoms with Gasteiger partial charge in [-0.2, -0.15) is 0 Å². The Kier molecular flexibility index (Phi) is 6.81. The van der Waals surface area contributed by atoms with Crippen LogP contribution in [-0.4, -0.2) is 39.7 Å². The van der Waals surface area contributed by atoms with Crippen LogP contribution in [0.4, 0.5) is 5.82 Å². The number of halogens is 2. The fourth-order valence-corrected chi connectivity index (χ4v) is 3.41. The van der Waals surface area contributed by atoms with Crippen LogP contribution in [0.2, 0.25) is 0 Å². The monoisotopic (exact) mass is 394 g/mol. The van der Waals surface area contributed by atoms with Crippen molar-refractivity contribution in [1.82, 2.24) is 24.8 Å². The molecule has 0 spiro atoms. The van der Waals surface area contributed by atoms with Crippen LogP contribution >= 0.6 is 24.8 Å². The lowest BCUT2D eigenvalue weighted by atomic mass is 10.1. The maximum Gasteiger partial charge on any atom is 0.135 e. The zero-order valence-electron chi connectivity index (χ0n) is 15.0. The SMILES string of the molecule is CN(Cc1nc2ccccc2n1C)c1ncnc2c1CCNCC2.Cl.Cl. The van der Waals surface area contributed by atoms with Crippen LogP contribution in [0.25, 0.3) is 11.0 Å². The predicted molar refractivity (Wildman–Crippen MR) is 110 cm³/mol. The fourth-order valence-electron chi connectivity index (χ4n) is 3.41. The third kappa shape index (κ3) is 3.77. The number of imidazole rings is 1. The topological polar surface area (TPSA) is 58.9 Å². The minimum absolute atomic E-state index is 0. The van der Waals surface area contributed by atoms with Crippen LogP contribution < -0.4 is 10.2 Å². The molecule has 0 radical (unpaired) electrons. The molecule has 0 atom stereocenters. The van der Waals surface area contributed by atoms with Crippen LogP contribution in [0, 0.1) is 0 Å². The largest absolute Gasteiger partial charge is 0.352 e. The number of rotatable bonds is 3. The lowest BCUT2D eigenvalue weighted by molar-refractivity contribution is 0.707. The van der Waals surface area contributed by atoms with E-state index in [1.165, 1.54) is 11.3 Å². The number of nitrogens with one attached hydrogen (secondary N) is 1. The molecule has 0 aliphatic carbocycles. The van der Waals surface area contributed by atoms with Gasteiger partial charge in [-0.3, -0.25) is 0 Å². The number of benzene rings is 1. The molecule has 1 aliphatic heterocycles. The highest BCUT2D eigenvalue weighted by atomic mass is 35.5. The Morgan fingerprint density at radius 3 is 2.69 bits per heavy atom. The van der Waals surface area contributed by atoms with Crippen molar-refractivity contribution >= 4 is 41.7 Å². The molecular weight excluding hydrogens is 371 g/mol. The van der Waals surface area contributed by atoms with E-state index in [4.69, 9.17) is 4.98 Å². The number of anilines is 1. The van der Waals surface area contributed by atoms with Gasteiger partial charge < -0.3 is 14.8 Å². The summed E-state index contributed by atoms with van der Waals surface area (Å²) in [6.45, 7) is 2.69. The van der Waals surface area contributed by atoms with Gasteiger partial charge in [0.25, 0.3) is 0 Å². The fraction of sp³-hybridized carbons (Fsp3) is 0.389. The average Bonchev–Trinajstić information content (AvgIpc) is 2.77. The summed E-state index contributed by atoms with van der Waals surface area (Å²) in [7, 11) is 4.16. The van der Waals surface area contributed by atoms with Crippen molar-refractivity contribution in [3.8, 4) is 0 Å². The lowest BCUT2D eigenvalue weighted by Crippen LogP contribution is -2.23. The first kappa shape index (κ1) is 20.4. The van der Waals surface area contributed by atoms with Gasteiger partial charge in [0.2, 0.25) is 0 Å². The van der Waals surface area contributed by atoms with E-state index in [-0.39, 0.29) is 24.8 Å². The van der Waals surface area contributed by atoms with Gasteiger partial charge in [0.1, 0.15) is 18.0 Å². The standard InChI is InChI=1S/C18H22N6.2ClH/c1-23(11-17-22-15-5-3-4-6-16(15)24(17)2)18-13-7-9-19-10-8-14(13)20-12-21-18;;/h3-6,12,19H,7-11H2,1-2H3;2*1H. The Balaban J connectivity index is 0.00000121. The van der Waals surface area contributed by atoms with Crippen molar-refractivity contribution in [3.05, 3.63) is 47.7 Å². The molecule has 0 fully saturated rings. The Morgan fingerprint density at radius 1 is 1.12 bits per heavy atom. The molecule has 0 unspecified atom stereocenters. The van der Waals surface area contributed by atoms with Gasteiger partial charge in [-0.05, 0) is 25.1 Å². The number of aromatic nitrogens is 4. The number of aryl methyl sites for hydroxylation is 1. The number of nitrogens with zero attached hydrogens (tertiary/aromatic N) is 5. The summed E-state index contributed by atoms with van der Waals surface area (Å²) in [5.74, 6) is 2.06. The van der Waals surface area contributed by atoms with Gasteiger partial charge in [0.05, 0.1) is 23.3 Å². The maximum absolute atomic E-state index is 4.77. The molecule has 8 heteroatoms. The van der Waals surface area contributed by atoms with E-state index in [2.05, 4.69) is 57.0 Å². The van der Waals surface area contributed by atoms with Crippen molar-refractivity contribution in [3.63, 3.8) is 0 Å². The second-order valence-corrected chi connectivity index (χ2v) is 6.30. The van der Waals surface area contributed by atoms with Crippen molar-refractivity contribution in [1.29, 1.82) is 0 Å². The highest BCUT2D eigenvalue weighted by Crippen LogP contribution is 2.23. The molecule has 0 saturated heterocycles. The van der Waals surface area contributed by atoms with Crippen LogP contribution in [-0.2, 0) is 26.4 Å². The highest BCUT2D eigenvalue weighted by Gasteiger charge is 2.18. The number of hydrogen-bond acceptors (Lipinski definition) is 5. The lowest BCUT2D eigenvalue weighted by Gasteiger charge is -2.21. The van der Waals surface area contributed by atoms with E-state index < -0.39 is 0 Å².